The van der Waals surface area contributed by atoms with Gasteiger partial charge in [0.05, 0.1) is 7.11 Å². The van der Waals surface area contributed by atoms with E-state index in [-0.39, 0.29) is 6.04 Å². The molecular formula is C22H26N2O. The average Bonchev–Trinajstić information content (AvgIpc) is 2.68. The van der Waals surface area contributed by atoms with Crippen molar-refractivity contribution in [2.45, 2.75) is 19.5 Å². The molecule has 0 spiro atoms. The van der Waals surface area contributed by atoms with Gasteiger partial charge in [-0.15, -0.1) is 0 Å². The van der Waals surface area contributed by atoms with Gasteiger partial charge in [-0.3, -0.25) is 4.90 Å². The highest BCUT2D eigenvalue weighted by Gasteiger charge is 2.21. The zero-order valence-electron chi connectivity index (χ0n) is 15.0. The van der Waals surface area contributed by atoms with Crippen LogP contribution in [0.3, 0.4) is 0 Å². The van der Waals surface area contributed by atoms with E-state index in [1.54, 1.807) is 7.11 Å². The van der Waals surface area contributed by atoms with Crippen molar-refractivity contribution in [3.05, 3.63) is 77.9 Å². The van der Waals surface area contributed by atoms with Crippen LogP contribution in [0.15, 0.2) is 66.7 Å². The molecule has 0 bridgehead atoms. The van der Waals surface area contributed by atoms with Crippen molar-refractivity contribution in [3.63, 3.8) is 0 Å². The van der Waals surface area contributed by atoms with Gasteiger partial charge in [0.1, 0.15) is 5.75 Å². The van der Waals surface area contributed by atoms with Crippen molar-refractivity contribution < 1.29 is 4.74 Å². The van der Waals surface area contributed by atoms with Crippen LogP contribution in [0.1, 0.15) is 24.1 Å². The molecule has 25 heavy (non-hydrogen) atoms. The number of likely N-dealkylation sites (N-methyl/N-ethyl adjacent to an activating group) is 1. The quantitative estimate of drug-likeness (QED) is 0.697. The molecule has 0 saturated heterocycles. The monoisotopic (exact) mass is 334 g/mol. The van der Waals surface area contributed by atoms with Gasteiger partial charge in [-0.2, -0.15) is 0 Å². The third-order valence-electron chi connectivity index (χ3n) is 4.80. The number of rotatable bonds is 7. The minimum Gasteiger partial charge on any atom is -0.496 e. The van der Waals surface area contributed by atoms with Crippen LogP contribution in [0.2, 0.25) is 0 Å². The van der Waals surface area contributed by atoms with Crippen LogP contribution in [-0.4, -0.2) is 25.1 Å². The van der Waals surface area contributed by atoms with Crippen molar-refractivity contribution in [1.82, 2.24) is 4.90 Å². The number of hydrogen-bond donors (Lipinski definition) is 1. The van der Waals surface area contributed by atoms with Crippen LogP contribution >= 0.6 is 0 Å². The molecule has 3 rings (SSSR count). The van der Waals surface area contributed by atoms with E-state index in [1.165, 1.54) is 16.5 Å². The third-order valence-corrected chi connectivity index (χ3v) is 4.80. The molecule has 1 atom stereocenters. The molecule has 3 nitrogen and oxygen atoms in total. The Hall–Kier alpha value is -2.36. The Morgan fingerprint density at radius 2 is 1.60 bits per heavy atom. The summed E-state index contributed by atoms with van der Waals surface area (Å²) in [5.74, 6) is 0.904. The average molecular weight is 334 g/mol. The second kappa shape index (κ2) is 8.15. The molecule has 2 N–H and O–H groups in total. The second-order valence-corrected chi connectivity index (χ2v) is 6.20. The topological polar surface area (TPSA) is 38.5 Å². The highest BCUT2D eigenvalue weighted by Crippen LogP contribution is 2.33. The van der Waals surface area contributed by atoms with Gasteiger partial charge in [0.25, 0.3) is 0 Å². The van der Waals surface area contributed by atoms with Crippen LogP contribution in [0.25, 0.3) is 10.8 Å². The van der Waals surface area contributed by atoms with Crippen molar-refractivity contribution in [2.75, 3.05) is 20.2 Å². The summed E-state index contributed by atoms with van der Waals surface area (Å²) in [4.78, 5) is 2.43. The molecule has 0 heterocycles. The van der Waals surface area contributed by atoms with Gasteiger partial charge >= 0.3 is 0 Å². The maximum absolute atomic E-state index is 6.22. The third kappa shape index (κ3) is 3.68. The second-order valence-electron chi connectivity index (χ2n) is 6.20. The predicted octanol–water partition coefficient (Wildman–Crippen LogP) is 4.37. The maximum Gasteiger partial charge on any atom is 0.126 e. The van der Waals surface area contributed by atoms with Crippen LogP contribution in [0.4, 0.5) is 0 Å². The van der Waals surface area contributed by atoms with E-state index in [4.69, 9.17) is 10.5 Å². The number of nitrogens with zero attached hydrogens (tertiary/aromatic N) is 1. The molecule has 130 valence electrons. The molecule has 0 aliphatic carbocycles. The lowest BCUT2D eigenvalue weighted by Crippen LogP contribution is -2.33. The summed E-state index contributed by atoms with van der Waals surface area (Å²) in [7, 11) is 1.72. The summed E-state index contributed by atoms with van der Waals surface area (Å²) >= 11 is 0. The molecule has 0 aliphatic heterocycles. The lowest BCUT2D eigenvalue weighted by atomic mass is 9.96. The highest BCUT2D eigenvalue weighted by molar-refractivity contribution is 5.91. The fourth-order valence-electron chi connectivity index (χ4n) is 3.50. The maximum atomic E-state index is 6.22. The number of ether oxygens (including phenoxy) is 1. The van der Waals surface area contributed by atoms with Crippen molar-refractivity contribution in [2.24, 2.45) is 5.73 Å². The van der Waals surface area contributed by atoms with Crippen molar-refractivity contribution >= 4 is 10.8 Å². The molecule has 1 unspecified atom stereocenters. The predicted molar refractivity (Wildman–Crippen MR) is 105 cm³/mol. The summed E-state index contributed by atoms with van der Waals surface area (Å²) in [5, 5.41) is 2.35. The summed E-state index contributed by atoms with van der Waals surface area (Å²) < 4.78 is 5.53. The Balaban J connectivity index is 2.01. The SMILES string of the molecule is CCN(Cc1ccccc1)C(CN)c1ccc(OC)c2ccccc12. The summed E-state index contributed by atoms with van der Waals surface area (Å²) in [6.07, 6.45) is 0. The fourth-order valence-corrected chi connectivity index (χ4v) is 3.50. The van der Waals surface area contributed by atoms with Gasteiger partial charge in [-0.05, 0) is 29.1 Å². The lowest BCUT2D eigenvalue weighted by molar-refractivity contribution is 0.204. The number of nitrogens with two attached hydrogens (primary N) is 1. The number of benzene rings is 3. The molecule has 0 radical (unpaired) electrons. The highest BCUT2D eigenvalue weighted by atomic mass is 16.5. The Morgan fingerprint density at radius 1 is 0.920 bits per heavy atom. The molecule has 0 aliphatic rings. The van der Waals surface area contributed by atoms with E-state index < -0.39 is 0 Å². The van der Waals surface area contributed by atoms with E-state index in [9.17, 15) is 0 Å². The van der Waals surface area contributed by atoms with Crippen LogP contribution in [0, 0.1) is 0 Å². The minimum absolute atomic E-state index is 0.168. The van der Waals surface area contributed by atoms with Gasteiger partial charge in [-0.25, -0.2) is 0 Å². The molecule has 0 aromatic heterocycles. The van der Waals surface area contributed by atoms with E-state index in [2.05, 4.69) is 72.5 Å². The van der Waals surface area contributed by atoms with Gasteiger partial charge in [-0.1, -0.05) is 67.6 Å². The molecule has 0 saturated carbocycles. The van der Waals surface area contributed by atoms with Gasteiger partial charge < -0.3 is 10.5 Å². The minimum atomic E-state index is 0.168. The molecular weight excluding hydrogens is 308 g/mol. The zero-order chi connectivity index (χ0) is 17.6. The van der Waals surface area contributed by atoms with Gasteiger partial charge in [0, 0.05) is 24.5 Å². The smallest absolute Gasteiger partial charge is 0.126 e. The Bertz CT molecular complexity index is 817. The Kier molecular flexibility index (Phi) is 5.69. The zero-order valence-corrected chi connectivity index (χ0v) is 15.0. The summed E-state index contributed by atoms with van der Waals surface area (Å²) in [5.41, 5.74) is 8.79. The molecule has 3 aromatic rings. The number of methoxy groups -OCH3 is 1. The molecule has 0 amide bonds. The standard InChI is InChI=1S/C22H26N2O/c1-3-24(16-17-9-5-4-6-10-17)21(15-23)19-13-14-22(25-2)20-12-8-7-11-18(19)20/h4-14,21H,3,15-16,23H2,1-2H3. The van der Waals surface area contributed by atoms with Gasteiger partial charge in [0.2, 0.25) is 0 Å². The van der Waals surface area contributed by atoms with Crippen molar-refractivity contribution in [3.8, 4) is 5.75 Å². The van der Waals surface area contributed by atoms with Crippen LogP contribution < -0.4 is 10.5 Å². The Morgan fingerprint density at radius 3 is 2.24 bits per heavy atom. The van der Waals surface area contributed by atoms with E-state index >= 15 is 0 Å². The van der Waals surface area contributed by atoms with Crippen LogP contribution in [0.5, 0.6) is 5.75 Å². The first-order valence-corrected chi connectivity index (χ1v) is 8.82. The first kappa shape index (κ1) is 17.5. The Labute approximate surface area is 150 Å². The fraction of sp³-hybridized carbons (Fsp3) is 0.273. The first-order chi connectivity index (χ1) is 12.3. The van der Waals surface area contributed by atoms with Crippen LogP contribution in [-0.2, 0) is 6.54 Å². The summed E-state index contributed by atoms with van der Waals surface area (Å²) in [6.45, 7) is 4.60. The normalized spacial score (nSPS) is 12.5. The number of fused-ring (bicyclic) bond motifs is 1. The van der Waals surface area contributed by atoms with E-state index in [0.717, 1.165) is 24.2 Å². The van der Waals surface area contributed by atoms with E-state index in [0.29, 0.717) is 6.54 Å². The van der Waals surface area contributed by atoms with Gasteiger partial charge in [0.15, 0.2) is 0 Å². The molecule has 0 fully saturated rings. The largest absolute Gasteiger partial charge is 0.496 e. The van der Waals surface area contributed by atoms with E-state index in [1.807, 2.05) is 6.07 Å². The molecule has 3 heteroatoms. The lowest BCUT2D eigenvalue weighted by Gasteiger charge is -2.31. The molecule has 3 aromatic carbocycles. The number of hydrogen-bond acceptors (Lipinski definition) is 3. The van der Waals surface area contributed by atoms with Crippen molar-refractivity contribution in [1.29, 1.82) is 0 Å². The first-order valence-electron chi connectivity index (χ1n) is 8.82. The summed E-state index contributed by atoms with van der Waals surface area (Å²) in [6, 6.07) is 23.3.